The van der Waals surface area contributed by atoms with Gasteiger partial charge in [-0.2, -0.15) is 0 Å². The first-order valence-electron chi connectivity index (χ1n) is 16.2. The Morgan fingerprint density at radius 3 is 2.34 bits per heavy atom. The second-order valence-electron chi connectivity index (χ2n) is 12.5. The zero-order chi connectivity index (χ0) is 35.5. The molecule has 3 saturated heterocycles. The van der Waals surface area contributed by atoms with Crippen molar-refractivity contribution in [1.29, 1.82) is 0 Å². The molecule has 3 aromatic carbocycles. The van der Waals surface area contributed by atoms with Crippen LogP contribution < -0.4 is 24.2 Å². The summed E-state index contributed by atoms with van der Waals surface area (Å²) < 4.78 is 32.5. The number of hydrogen-bond donors (Lipinski definition) is 1. The maximum absolute atomic E-state index is 14.7. The van der Waals surface area contributed by atoms with Crippen LogP contribution in [0.3, 0.4) is 0 Å². The molecule has 0 radical (unpaired) electrons. The van der Waals surface area contributed by atoms with E-state index in [1.54, 1.807) is 36.4 Å². The first kappa shape index (κ1) is 35.3. The molecule has 0 unspecified atom stereocenters. The SMILES string of the molecule is COc1ccc([C@H](Cc2c(Cl)c[n+](O)cc2Cl)c2c(CN(C(=O)O[C@H]3CN4CCC3CC4)c3cccc(F)c3)cccc2C(=O)[O-])cc1OC. The molecule has 1 amide bonds. The van der Waals surface area contributed by atoms with Gasteiger partial charge in [-0.05, 0) is 85.3 Å². The molecule has 1 aromatic heterocycles. The summed E-state index contributed by atoms with van der Waals surface area (Å²) in [5.74, 6) is -1.70. The number of aromatic carboxylic acids is 1. The third-order valence-electron chi connectivity index (χ3n) is 9.57. The minimum absolute atomic E-state index is 0.0648. The molecular formula is C37H36Cl2FN3O7. The van der Waals surface area contributed by atoms with Gasteiger partial charge in [-0.1, -0.05) is 53.5 Å². The van der Waals surface area contributed by atoms with Gasteiger partial charge in [0.05, 0.1) is 32.4 Å². The zero-order valence-corrected chi connectivity index (χ0v) is 29.0. The van der Waals surface area contributed by atoms with Crippen molar-refractivity contribution >= 4 is 41.0 Å². The normalized spacial score (nSPS) is 18.7. The van der Waals surface area contributed by atoms with Gasteiger partial charge in [-0.25, -0.2) is 9.18 Å². The Kier molecular flexibility index (Phi) is 10.7. The van der Waals surface area contributed by atoms with E-state index < -0.39 is 23.8 Å². The summed E-state index contributed by atoms with van der Waals surface area (Å²) in [4.78, 5) is 30.5. The van der Waals surface area contributed by atoms with Crippen molar-refractivity contribution in [1.82, 2.24) is 4.90 Å². The van der Waals surface area contributed by atoms with Crippen LogP contribution in [0.5, 0.6) is 11.5 Å². The van der Waals surface area contributed by atoms with Crippen LogP contribution in [-0.4, -0.2) is 62.1 Å². The number of hydrogen-bond acceptors (Lipinski definition) is 8. The Bertz CT molecular complexity index is 1880. The van der Waals surface area contributed by atoms with Crippen LogP contribution >= 0.6 is 23.2 Å². The number of carboxylic acids is 1. The summed E-state index contributed by atoms with van der Waals surface area (Å²) in [6.07, 6.45) is 3.45. The molecule has 4 aromatic rings. The summed E-state index contributed by atoms with van der Waals surface area (Å²) in [5.41, 5.74) is 1.89. The van der Waals surface area contributed by atoms with Gasteiger partial charge in [0.25, 0.3) is 0 Å². The summed E-state index contributed by atoms with van der Waals surface area (Å²) in [6, 6.07) is 15.5. The number of methoxy groups -OCH3 is 2. The van der Waals surface area contributed by atoms with Gasteiger partial charge in [0.2, 0.25) is 12.4 Å². The van der Waals surface area contributed by atoms with Crippen molar-refractivity contribution in [2.75, 3.05) is 38.8 Å². The van der Waals surface area contributed by atoms with Gasteiger partial charge in [0, 0.05) is 28.3 Å². The Morgan fingerprint density at radius 2 is 1.72 bits per heavy atom. The molecule has 3 fully saturated rings. The van der Waals surface area contributed by atoms with E-state index in [2.05, 4.69) is 4.90 Å². The number of carboxylic acid groups (broad SMARTS) is 1. The van der Waals surface area contributed by atoms with E-state index in [9.17, 15) is 24.3 Å². The highest BCUT2D eigenvalue weighted by atomic mass is 35.5. The predicted octanol–water partition coefficient (Wildman–Crippen LogP) is 5.65. The van der Waals surface area contributed by atoms with Crippen molar-refractivity contribution < 1.29 is 43.2 Å². The Morgan fingerprint density at radius 1 is 1.02 bits per heavy atom. The molecule has 0 spiro atoms. The zero-order valence-electron chi connectivity index (χ0n) is 27.5. The average molecular weight is 725 g/mol. The minimum atomic E-state index is -1.45. The molecule has 0 saturated carbocycles. The maximum Gasteiger partial charge on any atom is 0.414 e. The molecule has 1 N–H and O–H groups in total. The largest absolute Gasteiger partial charge is 0.545 e. The van der Waals surface area contributed by atoms with Gasteiger partial charge < -0.3 is 24.1 Å². The Balaban J connectivity index is 1.49. The highest BCUT2D eigenvalue weighted by Gasteiger charge is 2.38. The number of aromatic nitrogens is 1. The van der Waals surface area contributed by atoms with Crippen LogP contribution in [0.15, 0.2) is 73.1 Å². The van der Waals surface area contributed by atoms with Crippen LogP contribution in [-0.2, 0) is 17.7 Å². The summed E-state index contributed by atoms with van der Waals surface area (Å²) in [6.45, 7) is 2.36. The van der Waals surface area contributed by atoms with Crippen molar-refractivity contribution in [3.63, 3.8) is 0 Å². The van der Waals surface area contributed by atoms with Crippen LogP contribution in [0.1, 0.15) is 51.4 Å². The van der Waals surface area contributed by atoms with Crippen LogP contribution in [0, 0.1) is 11.7 Å². The summed E-state index contributed by atoms with van der Waals surface area (Å²) in [7, 11) is 2.99. The van der Waals surface area contributed by atoms with E-state index >= 15 is 0 Å². The first-order valence-corrected chi connectivity index (χ1v) is 16.9. The fourth-order valence-corrected chi connectivity index (χ4v) is 7.65. The molecule has 262 valence electrons. The molecule has 7 rings (SSSR count). The van der Waals surface area contributed by atoms with Crippen molar-refractivity contribution in [2.24, 2.45) is 5.92 Å². The van der Waals surface area contributed by atoms with Gasteiger partial charge in [0.15, 0.2) is 11.5 Å². The van der Waals surface area contributed by atoms with Gasteiger partial charge in [-0.15, -0.1) is 0 Å². The molecular weight excluding hydrogens is 688 g/mol. The van der Waals surface area contributed by atoms with Crippen LogP contribution in [0.2, 0.25) is 10.0 Å². The Hall–Kier alpha value is -4.58. The third kappa shape index (κ3) is 7.45. The number of fused-ring (bicyclic) bond motifs is 3. The number of ether oxygens (including phenoxy) is 3. The number of carbonyl (C=O) groups is 2. The van der Waals surface area contributed by atoms with Crippen LogP contribution in [0.4, 0.5) is 14.9 Å². The number of amides is 1. The molecule has 3 aliphatic heterocycles. The molecule has 10 nitrogen and oxygen atoms in total. The lowest BCUT2D eigenvalue weighted by molar-refractivity contribution is -0.904. The standard InChI is InChI=1S/C37H36Cl2FN3O7/c1-48-32-10-9-23(15-33(32)49-2)28(17-29-30(38)19-42(47)20-31(29)39)35-24(5-3-8-27(35)36(44)45)18-43(26-7-4-6-25(40)16-26)37(46)50-34-21-41-13-11-22(34)12-14-41/h3-10,15-16,19-20,22,28,34H,11-14,17-18,21H2,1-2H3,(H-,44,45,47)/t28-,34-/m0/s1. The highest BCUT2D eigenvalue weighted by molar-refractivity contribution is 6.35. The minimum Gasteiger partial charge on any atom is -0.545 e. The lowest BCUT2D eigenvalue weighted by atomic mass is 9.80. The number of halogens is 3. The lowest BCUT2D eigenvalue weighted by Crippen LogP contribution is -2.53. The van der Waals surface area contributed by atoms with Crippen molar-refractivity contribution in [3.05, 3.63) is 117 Å². The molecule has 2 bridgehead atoms. The number of carbonyl (C=O) groups excluding carboxylic acids is 2. The third-order valence-corrected chi connectivity index (χ3v) is 10.2. The maximum atomic E-state index is 14.7. The fourth-order valence-electron chi connectivity index (χ4n) is 7.05. The van der Waals surface area contributed by atoms with E-state index in [1.807, 2.05) is 0 Å². The van der Waals surface area contributed by atoms with Crippen molar-refractivity contribution in [2.45, 2.75) is 37.8 Å². The molecule has 0 aliphatic carbocycles. The van der Waals surface area contributed by atoms with E-state index in [1.165, 1.54) is 55.8 Å². The topological polar surface area (TPSA) is 115 Å². The highest BCUT2D eigenvalue weighted by Crippen LogP contribution is 2.41. The summed E-state index contributed by atoms with van der Waals surface area (Å²) in [5, 5.41) is 23.2. The van der Waals surface area contributed by atoms with E-state index in [-0.39, 0.29) is 46.3 Å². The molecule has 50 heavy (non-hydrogen) atoms. The van der Waals surface area contributed by atoms with Gasteiger partial charge in [-0.3, -0.25) is 15.0 Å². The van der Waals surface area contributed by atoms with Gasteiger partial charge >= 0.3 is 6.09 Å². The molecule has 13 heteroatoms. The second-order valence-corrected chi connectivity index (χ2v) is 13.3. The summed E-state index contributed by atoms with van der Waals surface area (Å²) >= 11 is 13.2. The molecule has 4 heterocycles. The number of nitrogens with zero attached hydrogens (tertiary/aromatic N) is 3. The number of anilines is 1. The van der Waals surface area contributed by atoms with E-state index in [4.69, 9.17) is 37.4 Å². The number of piperidine rings is 3. The predicted molar refractivity (Wildman–Crippen MR) is 182 cm³/mol. The smallest absolute Gasteiger partial charge is 0.414 e. The number of rotatable bonds is 11. The fraction of sp³-hybridized carbons (Fsp3) is 0.324. The Labute approximate surface area is 299 Å². The monoisotopic (exact) mass is 723 g/mol. The van der Waals surface area contributed by atoms with Gasteiger partial charge in [0.1, 0.15) is 22.0 Å². The average Bonchev–Trinajstić information content (AvgIpc) is 3.10. The first-order chi connectivity index (χ1) is 24.1. The van der Waals surface area contributed by atoms with E-state index in [0.29, 0.717) is 40.3 Å². The molecule has 3 aliphatic rings. The lowest BCUT2D eigenvalue weighted by Gasteiger charge is -2.44. The van der Waals surface area contributed by atoms with Crippen molar-refractivity contribution in [3.8, 4) is 11.5 Å². The number of benzene rings is 3. The second kappa shape index (κ2) is 15.1. The van der Waals surface area contributed by atoms with E-state index in [0.717, 1.165) is 30.7 Å². The number of pyridine rings is 1. The molecule has 2 atom stereocenters. The van der Waals surface area contributed by atoms with Crippen LogP contribution in [0.25, 0.3) is 0 Å². The quantitative estimate of drug-likeness (QED) is 0.156.